The first-order valence-corrected chi connectivity index (χ1v) is 6.87. The summed E-state index contributed by atoms with van der Waals surface area (Å²) in [5.41, 5.74) is 1.34. The normalized spacial score (nSPS) is 40.8. The van der Waals surface area contributed by atoms with Gasteiger partial charge in [0.1, 0.15) is 0 Å². The molecule has 2 heteroatoms. The number of rotatable bonds is 0. The van der Waals surface area contributed by atoms with Crippen molar-refractivity contribution in [3.8, 4) is 0 Å². The van der Waals surface area contributed by atoms with Crippen LogP contribution >= 0.6 is 0 Å². The summed E-state index contributed by atoms with van der Waals surface area (Å²) >= 11 is 0. The van der Waals surface area contributed by atoms with Gasteiger partial charge in [0, 0.05) is 23.0 Å². The Labute approximate surface area is 106 Å². The van der Waals surface area contributed by atoms with Crippen molar-refractivity contribution in [2.45, 2.75) is 19.8 Å². The van der Waals surface area contributed by atoms with Gasteiger partial charge in [0.15, 0.2) is 11.6 Å². The van der Waals surface area contributed by atoms with E-state index in [1.54, 1.807) is 0 Å². The molecule has 2 bridgehead atoms. The van der Waals surface area contributed by atoms with Crippen molar-refractivity contribution >= 4 is 11.6 Å². The third-order valence-corrected chi connectivity index (χ3v) is 5.56. The third kappa shape index (κ3) is 1.05. The van der Waals surface area contributed by atoms with Crippen LogP contribution in [0.5, 0.6) is 0 Å². The predicted molar refractivity (Wildman–Crippen MR) is 67.5 cm³/mol. The van der Waals surface area contributed by atoms with Gasteiger partial charge in [-0.3, -0.25) is 9.59 Å². The first-order valence-electron chi connectivity index (χ1n) is 6.87. The summed E-state index contributed by atoms with van der Waals surface area (Å²) in [6.45, 7) is 2.23. The van der Waals surface area contributed by atoms with Gasteiger partial charge in [-0.25, -0.2) is 0 Å². The van der Waals surface area contributed by atoms with Crippen LogP contribution in [0.3, 0.4) is 0 Å². The molecular weight excluding hydrogens is 224 g/mol. The number of carbonyl (C=O) groups excluding carboxylic acids is 2. The lowest BCUT2D eigenvalue weighted by Crippen LogP contribution is -2.40. The number of hydrogen-bond acceptors (Lipinski definition) is 2. The highest BCUT2D eigenvalue weighted by atomic mass is 16.1. The van der Waals surface area contributed by atoms with E-state index in [2.05, 4.69) is 6.92 Å². The van der Waals surface area contributed by atoms with Gasteiger partial charge in [0.2, 0.25) is 0 Å². The van der Waals surface area contributed by atoms with Crippen molar-refractivity contribution in [3.63, 3.8) is 0 Å². The van der Waals surface area contributed by atoms with E-state index in [4.69, 9.17) is 0 Å². The zero-order chi connectivity index (χ0) is 12.4. The molecule has 3 aliphatic rings. The van der Waals surface area contributed by atoms with E-state index in [9.17, 15) is 9.59 Å². The van der Waals surface area contributed by atoms with Crippen LogP contribution in [-0.4, -0.2) is 11.6 Å². The number of ketones is 2. The van der Waals surface area contributed by atoms with Crippen LogP contribution in [0.25, 0.3) is 0 Å². The second-order valence-electron chi connectivity index (χ2n) is 6.09. The highest BCUT2D eigenvalue weighted by Crippen LogP contribution is 2.59. The van der Waals surface area contributed by atoms with Crippen molar-refractivity contribution in [1.29, 1.82) is 0 Å². The summed E-state index contributed by atoms with van der Waals surface area (Å²) < 4.78 is 0. The maximum absolute atomic E-state index is 12.6. The summed E-state index contributed by atoms with van der Waals surface area (Å²) in [7, 11) is 0. The Kier molecular flexibility index (Phi) is 1.93. The van der Waals surface area contributed by atoms with E-state index in [1.807, 2.05) is 24.3 Å². The van der Waals surface area contributed by atoms with Crippen molar-refractivity contribution in [1.82, 2.24) is 0 Å². The van der Waals surface area contributed by atoms with Gasteiger partial charge in [-0.15, -0.1) is 0 Å². The summed E-state index contributed by atoms with van der Waals surface area (Å²) in [6.07, 6.45) is 2.27. The molecule has 0 N–H and O–H groups in total. The Bertz CT molecular complexity index is 511. The monoisotopic (exact) mass is 240 g/mol. The fraction of sp³-hybridized carbons (Fsp3) is 0.500. The average molecular weight is 240 g/mol. The molecule has 2 fully saturated rings. The Hall–Kier alpha value is -1.44. The second-order valence-corrected chi connectivity index (χ2v) is 6.09. The number of fused-ring (bicyclic) bond motifs is 6. The lowest BCUT2D eigenvalue weighted by atomic mass is 9.67. The fourth-order valence-corrected chi connectivity index (χ4v) is 4.76. The number of benzene rings is 1. The molecule has 2 saturated carbocycles. The molecule has 92 valence electrons. The second kappa shape index (κ2) is 3.31. The summed E-state index contributed by atoms with van der Waals surface area (Å²) in [5, 5.41) is 0. The van der Waals surface area contributed by atoms with E-state index < -0.39 is 0 Å². The van der Waals surface area contributed by atoms with Crippen LogP contribution in [0.15, 0.2) is 24.3 Å². The molecule has 4 atom stereocenters. The minimum Gasteiger partial charge on any atom is -0.294 e. The quantitative estimate of drug-likeness (QED) is 0.698. The fourth-order valence-electron chi connectivity index (χ4n) is 4.76. The molecule has 1 aromatic carbocycles. The third-order valence-electron chi connectivity index (χ3n) is 5.56. The zero-order valence-corrected chi connectivity index (χ0v) is 10.4. The average Bonchev–Trinajstić information content (AvgIpc) is 2.90. The van der Waals surface area contributed by atoms with Crippen LogP contribution in [-0.2, 0) is 0 Å². The highest BCUT2D eigenvalue weighted by molar-refractivity contribution is 6.16. The van der Waals surface area contributed by atoms with Crippen LogP contribution < -0.4 is 0 Å². The molecular formula is C16H16O2. The number of carbonyl (C=O) groups is 2. The Morgan fingerprint density at radius 1 is 0.889 bits per heavy atom. The summed E-state index contributed by atoms with van der Waals surface area (Å²) in [6, 6.07) is 7.37. The van der Waals surface area contributed by atoms with Crippen LogP contribution in [0.2, 0.25) is 0 Å². The van der Waals surface area contributed by atoms with Gasteiger partial charge in [-0.2, -0.15) is 0 Å². The molecule has 0 aromatic heterocycles. The highest BCUT2D eigenvalue weighted by Gasteiger charge is 2.59. The minimum absolute atomic E-state index is 0.0128. The smallest absolute Gasteiger partial charge is 0.167 e. The minimum atomic E-state index is -0.0128. The Morgan fingerprint density at radius 2 is 1.33 bits per heavy atom. The lowest BCUT2D eigenvalue weighted by Gasteiger charge is -2.33. The molecule has 0 radical (unpaired) electrons. The van der Waals surface area contributed by atoms with E-state index in [0.29, 0.717) is 28.9 Å². The molecule has 2 nitrogen and oxygen atoms in total. The van der Waals surface area contributed by atoms with E-state index >= 15 is 0 Å². The molecule has 0 heterocycles. The maximum atomic E-state index is 12.6. The first-order chi connectivity index (χ1) is 8.70. The molecule has 1 aromatic rings. The summed E-state index contributed by atoms with van der Waals surface area (Å²) in [4.78, 5) is 25.3. The molecule has 0 aliphatic heterocycles. The van der Waals surface area contributed by atoms with Gasteiger partial charge < -0.3 is 0 Å². The maximum Gasteiger partial charge on any atom is 0.167 e. The van der Waals surface area contributed by atoms with Crippen LogP contribution in [0.4, 0.5) is 0 Å². The Balaban J connectivity index is 1.91. The standard InChI is InChI=1S/C16H16O2/c1-8-9-6-7-10(8)14-13(9)15(17)11-4-2-3-5-12(11)16(14)18/h2-5,8-10,13-14H,6-7H2,1H3. The van der Waals surface area contributed by atoms with Gasteiger partial charge >= 0.3 is 0 Å². The molecule has 3 aliphatic carbocycles. The summed E-state index contributed by atoms with van der Waals surface area (Å²) in [5.74, 6) is 1.88. The largest absolute Gasteiger partial charge is 0.294 e. The van der Waals surface area contributed by atoms with Crippen molar-refractivity contribution in [3.05, 3.63) is 35.4 Å². The van der Waals surface area contributed by atoms with Gasteiger partial charge in [0.25, 0.3) is 0 Å². The first kappa shape index (κ1) is 10.5. The predicted octanol–water partition coefficient (Wildman–Crippen LogP) is 2.97. The van der Waals surface area contributed by atoms with Crippen molar-refractivity contribution in [2.75, 3.05) is 0 Å². The van der Waals surface area contributed by atoms with E-state index in [1.165, 1.54) is 0 Å². The van der Waals surface area contributed by atoms with Crippen LogP contribution in [0, 0.1) is 29.6 Å². The number of Topliss-reactive ketones (excluding diaryl/α,β-unsaturated/α-hetero) is 2. The van der Waals surface area contributed by atoms with Gasteiger partial charge in [0.05, 0.1) is 0 Å². The Morgan fingerprint density at radius 3 is 1.78 bits per heavy atom. The SMILES string of the molecule is CC1C2CCC1C1C(=O)c3ccccc3C(=O)C21. The molecule has 4 unspecified atom stereocenters. The van der Waals surface area contributed by atoms with Gasteiger partial charge in [-0.05, 0) is 30.6 Å². The molecule has 0 saturated heterocycles. The van der Waals surface area contributed by atoms with E-state index in [-0.39, 0.29) is 23.4 Å². The lowest BCUT2D eigenvalue weighted by molar-refractivity contribution is 0.0661. The molecule has 0 amide bonds. The van der Waals surface area contributed by atoms with Crippen molar-refractivity contribution in [2.24, 2.45) is 29.6 Å². The molecule has 18 heavy (non-hydrogen) atoms. The van der Waals surface area contributed by atoms with E-state index in [0.717, 1.165) is 12.8 Å². The van der Waals surface area contributed by atoms with Gasteiger partial charge in [-0.1, -0.05) is 31.2 Å². The number of hydrogen-bond donors (Lipinski definition) is 0. The molecule has 4 rings (SSSR count). The zero-order valence-electron chi connectivity index (χ0n) is 10.4. The van der Waals surface area contributed by atoms with Crippen molar-refractivity contribution < 1.29 is 9.59 Å². The topological polar surface area (TPSA) is 34.1 Å². The molecule has 0 spiro atoms. The van der Waals surface area contributed by atoms with Crippen LogP contribution in [0.1, 0.15) is 40.5 Å².